The second-order valence-electron chi connectivity index (χ2n) is 7.26. The van der Waals surface area contributed by atoms with Gasteiger partial charge in [-0.2, -0.15) is 0 Å². The average molecular weight is 425 g/mol. The minimum Gasteiger partial charge on any atom is -0.207 e. The van der Waals surface area contributed by atoms with Crippen LogP contribution in [0.4, 0.5) is 8.78 Å². The first-order valence-electron chi connectivity index (χ1n) is 10.0. The van der Waals surface area contributed by atoms with Crippen LogP contribution in [-0.2, 0) is 0 Å². The van der Waals surface area contributed by atoms with Crippen molar-refractivity contribution in [3.05, 3.63) is 121 Å². The number of thiophene rings is 1. The van der Waals surface area contributed by atoms with Gasteiger partial charge in [-0.3, -0.25) is 0 Å². The second kappa shape index (κ2) is 8.29. The minimum atomic E-state index is -0.271. The van der Waals surface area contributed by atoms with Crippen molar-refractivity contribution >= 4 is 11.3 Å². The highest BCUT2D eigenvalue weighted by Gasteiger charge is 2.23. The Hall–Kier alpha value is -3.56. The molecule has 0 atom stereocenters. The van der Waals surface area contributed by atoms with Gasteiger partial charge >= 0.3 is 0 Å². The van der Waals surface area contributed by atoms with Crippen molar-refractivity contribution in [3.8, 4) is 43.1 Å². The molecular formula is C28H18F2S. The monoisotopic (exact) mass is 424 g/mol. The second-order valence-corrected chi connectivity index (χ2v) is 8.28. The molecule has 3 heteroatoms. The predicted molar refractivity (Wildman–Crippen MR) is 126 cm³/mol. The van der Waals surface area contributed by atoms with E-state index in [1.165, 1.54) is 24.3 Å². The maximum absolute atomic E-state index is 13.7. The van der Waals surface area contributed by atoms with E-state index < -0.39 is 0 Å². The molecule has 4 aromatic carbocycles. The molecule has 0 fully saturated rings. The number of rotatable bonds is 4. The van der Waals surface area contributed by atoms with Gasteiger partial charge < -0.3 is 0 Å². The van der Waals surface area contributed by atoms with E-state index in [0.29, 0.717) is 0 Å². The number of hydrogen-bond donors (Lipinski definition) is 0. The van der Waals surface area contributed by atoms with Crippen LogP contribution in [0.25, 0.3) is 43.1 Å². The summed E-state index contributed by atoms with van der Waals surface area (Å²) >= 11 is 1.70. The Morgan fingerprint density at radius 1 is 0.387 bits per heavy atom. The molecule has 0 N–H and O–H groups in total. The molecule has 0 aliphatic heterocycles. The highest BCUT2D eigenvalue weighted by molar-refractivity contribution is 7.20. The Morgan fingerprint density at radius 2 is 0.742 bits per heavy atom. The summed E-state index contributed by atoms with van der Waals surface area (Å²) in [5.74, 6) is -0.543. The summed E-state index contributed by atoms with van der Waals surface area (Å²) in [6, 6.07) is 33.6. The number of hydrogen-bond acceptors (Lipinski definition) is 1. The van der Waals surface area contributed by atoms with Gasteiger partial charge in [0.25, 0.3) is 0 Å². The topological polar surface area (TPSA) is 0 Å². The molecule has 31 heavy (non-hydrogen) atoms. The maximum Gasteiger partial charge on any atom is 0.123 e. The van der Waals surface area contributed by atoms with Crippen LogP contribution < -0.4 is 0 Å². The van der Waals surface area contributed by atoms with Gasteiger partial charge in [0.05, 0.1) is 0 Å². The summed E-state index contributed by atoms with van der Waals surface area (Å²) in [6.07, 6.45) is 0. The lowest BCUT2D eigenvalue weighted by Gasteiger charge is -2.11. The van der Waals surface area contributed by atoms with Gasteiger partial charge in [-0.15, -0.1) is 11.3 Å². The van der Waals surface area contributed by atoms with Gasteiger partial charge in [0.2, 0.25) is 0 Å². The van der Waals surface area contributed by atoms with Crippen molar-refractivity contribution in [2.75, 3.05) is 0 Å². The van der Waals surface area contributed by atoms with E-state index in [1.54, 1.807) is 11.3 Å². The molecular weight excluding hydrogens is 406 g/mol. The molecule has 0 nitrogen and oxygen atoms in total. The molecule has 0 aliphatic carbocycles. The molecule has 150 valence electrons. The van der Waals surface area contributed by atoms with Crippen molar-refractivity contribution in [3.63, 3.8) is 0 Å². The van der Waals surface area contributed by atoms with Gasteiger partial charge in [-0.05, 0) is 46.5 Å². The van der Waals surface area contributed by atoms with Crippen molar-refractivity contribution in [2.45, 2.75) is 0 Å². The zero-order valence-corrected chi connectivity index (χ0v) is 17.4. The van der Waals surface area contributed by atoms with Gasteiger partial charge in [-0.25, -0.2) is 8.78 Å². The van der Waals surface area contributed by atoms with Crippen molar-refractivity contribution < 1.29 is 8.78 Å². The molecule has 0 saturated carbocycles. The van der Waals surface area contributed by atoms with Crippen molar-refractivity contribution in [1.82, 2.24) is 0 Å². The summed E-state index contributed by atoms with van der Waals surface area (Å²) < 4.78 is 27.4. The lowest BCUT2D eigenvalue weighted by atomic mass is 9.91. The molecule has 0 saturated heterocycles. The third-order valence-corrected chi connectivity index (χ3v) is 6.53. The first kappa shape index (κ1) is 19.4. The third-order valence-electron chi connectivity index (χ3n) is 5.25. The standard InChI is InChI=1S/C28H18F2S/c29-23-15-11-19(12-16-23)25-26(20-13-17-24(30)18-14-20)28(22-9-5-2-6-10-22)31-27(25)21-7-3-1-4-8-21/h1-18H. The summed E-state index contributed by atoms with van der Waals surface area (Å²) in [5, 5.41) is 0. The molecule has 1 heterocycles. The zero-order chi connectivity index (χ0) is 21.2. The van der Waals surface area contributed by atoms with Gasteiger partial charge in [0.1, 0.15) is 11.6 Å². The van der Waals surface area contributed by atoms with Crippen LogP contribution in [0.2, 0.25) is 0 Å². The summed E-state index contributed by atoms with van der Waals surface area (Å²) in [6.45, 7) is 0. The first-order chi connectivity index (χ1) is 15.2. The molecule has 0 spiro atoms. The lowest BCUT2D eigenvalue weighted by Crippen LogP contribution is -1.87. The zero-order valence-electron chi connectivity index (χ0n) is 16.6. The molecule has 5 aromatic rings. The normalized spacial score (nSPS) is 10.9. The van der Waals surface area contributed by atoms with E-state index in [4.69, 9.17) is 0 Å². The summed E-state index contributed by atoms with van der Waals surface area (Å²) in [4.78, 5) is 2.20. The Labute approximate surface area is 184 Å². The number of benzene rings is 4. The smallest absolute Gasteiger partial charge is 0.123 e. The van der Waals surface area contributed by atoms with Crippen LogP contribution in [0.1, 0.15) is 0 Å². The van der Waals surface area contributed by atoms with E-state index in [0.717, 1.165) is 43.1 Å². The Morgan fingerprint density at radius 3 is 1.10 bits per heavy atom. The summed E-state index contributed by atoms with van der Waals surface area (Å²) in [5.41, 5.74) is 6.11. The number of halogens is 2. The highest BCUT2D eigenvalue weighted by Crippen LogP contribution is 2.51. The van der Waals surface area contributed by atoms with Crippen molar-refractivity contribution in [1.29, 1.82) is 0 Å². The lowest BCUT2D eigenvalue weighted by molar-refractivity contribution is 0.627. The minimum absolute atomic E-state index is 0.271. The molecule has 0 radical (unpaired) electrons. The van der Waals surface area contributed by atoms with Crippen molar-refractivity contribution in [2.24, 2.45) is 0 Å². The maximum atomic E-state index is 13.7. The third kappa shape index (κ3) is 3.80. The fourth-order valence-corrected chi connectivity index (χ4v) is 5.16. The van der Waals surface area contributed by atoms with Gasteiger partial charge in [-0.1, -0.05) is 84.9 Å². The Bertz CT molecular complexity index is 1200. The predicted octanol–water partition coefficient (Wildman–Crippen LogP) is 8.69. The van der Waals surface area contributed by atoms with E-state index in [-0.39, 0.29) is 11.6 Å². The molecule has 1 aromatic heterocycles. The van der Waals surface area contributed by atoms with Crippen LogP contribution in [-0.4, -0.2) is 0 Å². The molecule has 0 amide bonds. The summed E-state index contributed by atoms with van der Waals surface area (Å²) in [7, 11) is 0. The first-order valence-corrected chi connectivity index (χ1v) is 10.8. The average Bonchev–Trinajstić information content (AvgIpc) is 3.22. The Balaban J connectivity index is 1.88. The van der Waals surface area contributed by atoms with Gasteiger partial charge in [0, 0.05) is 20.9 Å². The molecule has 0 aliphatic rings. The molecule has 0 unspecified atom stereocenters. The molecule has 0 bridgehead atoms. The van der Waals surface area contributed by atoms with Crippen LogP contribution in [0, 0.1) is 11.6 Å². The van der Waals surface area contributed by atoms with Gasteiger partial charge in [0.15, 0.2) is 0 Å². The van der Waals surface area contributed by atoms with Crippen LogP contribution in [0.5, 0.6) is 0 Å². The van der Waals surface area contributed by atoms with Crippen LogP contribution in [0.15, 0.2) is 109 Å². The van der Waals surface area contributed by atoms with Crippen LogP contribution >= 0.6 is 11.3 Å². The van der Waals surface area contributed by atoms with E-state index in [1.807, 2.05) is 60.7 Å². The quantitative estimate of drug-likeness (QED) is 0.271. The SMILES string of the molecule is Fc1ccc(-c2c(-c3ccccc3)sc(-c3ccccc3)c2-c2ccc(F)cc2)cc1. The highest BCUT2D eigenvalue weighted by atomic mass is 32.1. The largest absolute Gasteiger partial charge is 0.207 e. The fourth-order valence-electron chi connectivity index (χ4n) is 3.80. The molecule has 5 rings (SSSR count). The van der Waals surface area contributed by atoms with Crippen LogP contribution in [0.3, 0.4) is 0 Å². The Kier molecular flexibility index (Phi) is 5.19. The van der Waals surface area contributed by atoms with E-state index in [9.17, 15) is 8.78 Å². The fraction of sp³-hybridized carbons (Fsp3) is 0. The van der Waals surface area contributed by atoms with E-state index >= 15 is 0 Å². The van der Waals surface area contributed by atoms with E-state index in [2.05, 4.69) is 24.3 Å².